The molecule has 29 heavy (non-hydrogen) atoms. The maximum atomic E-state index is 13.0. The number of hydrogen-bond donors (Lipinski definition) is 0. The number of carbonyl (C=O) groups excluding carboxylic acids is 1. The normalized spacial score (nSPS) is 16.5. The molecule has 4 rings (SSSR count). The van der Waals surface area contributed by atoms with Gasteiger partial charge in [0, 0.05) is 35.3 Å². The third-order valence-corrected chi connectivity index (χ3v) is 5.40. The Hall–Kier alpha value is -3.34. The summed E-state index contributed by atoms with van der Waals surface area (Å²) in [4.78, 5) is 19.4. The molecule has 3 aromatic rings. The number of benzene rings is 2. The van der Waals surface area contributed by atoms with Crippen molar-refractivity contribution >= 4 is 22.9 Å². The number of likely N-dealkylation sites (tertiary alicyclic amines) is 1. The van der Waals surface area contributed by atoms with Gasteiger partial charge in [0.15, 0.2) is 0 Å². The number of pyridine rings is 1. The highest BCUT2D eigenvalue weighted by atomic mass is 16.5. The van der Waals surface area contributed by atoms with Gasteiger partial charge in [-0.2, -0.15) is 0 Å². The van der Waals surface area contributed by atoms with Crippen LogP contribution in [0.3, 0.4) is 0 Å². The SMILES string of the molecule is COc1ccc(OC)c(C2CCCN2C(=O)/C=C/c2cccc3cccnc23)c1. The zero-order valence-electron chi connectivity index (χ0n) is 16.7. The van der Waals surface area contributed by atoms with E-state index < -0.39 is 0 Å². The minimum absolute atomic E-state index is 0.00897. The van der Waals surface area contributed by atoms with Gasteiger partial charge in [0.1, 0.15) is 11.5 Å². The monoisotopic (exact) mass is 388 g/mol. The van der Waals surface area contributed by atoms with Crippen molar-refractivity contribution in [2.24, 2.45) is 0 Å². The molecule has 1 unspecified atom stereocenters. The fourth-order valence-corrected chi connectivity index (χ4v) is 3.97. The van der Waals surface area contributed by atoms with Crippen LogP contribution in [0.1, 0.15) is 30.0 Å². The van der Waals surface area contributed by atoms with Crippen LogP contribution in [0.15, 0.2) is 60.8 Å². The minimum Gasteiger partial charge on any atom is -0.497 e. The second-order valence-corrected chi connectivity index (χ2v) is 7.05. The summed E-state index contributed by atoms with van der Waals surface area (Å²) in [6.45, 7) is 0.724. The highest BCUT2D eigenvalue weighted by molar-refractivity contribution is 5.95. The van der Waals surface area contributed by atoms with Crippen molar-refractivity contribution in [3.8, 4) is 11.5 Å². The third-order valence-electron chi connectivity index (χ3n) is 5.40. The first-order valence-corrected chi connectivity index (χ1v) is 9.75. The van der Waals surface area contributed by atoms with Crippen molar-refractivity contribution in [2.75, 3.05) is 20.8 Å². The summed E-state index contributed by atoms with van der Waals surface area (Å²) in [7, 11) is 3.30. The second kappa shape index (κ2) is 8.35. The molecule has 1 saturated heterocycles. The van der Waals surface area contributed by atoms with Crippen LogP contribution in [0.5, 0.6) is 11.5 Å². The summed E-state index contributed by atoms with van der Waals surface area (Å²) < 4.78 is 10.9. The van der Waals surface area contributed by atoms with E-state index in [9.17, 15) is 4.79 Å². The van der Waals surface area contributed by atoms with Crippen LogP contribution in [0, 0.1) is 0 Å². The van der Waals surface area contributed by atoms with Crippen LogP contribution in [-0.2, 0) is 4.79 Å². The summed E-state index contributed by atoms with van der Waals surface area (Å²) in [6, 6.07) is 15.6. The summed E-state index contributed by atoms with van der Waals surface area (Å²) in [5.74, 6) is 1.53. The zero-order valence-corrected chi connectivity index (χ0v) is 16.7. The molecule has 1 amide bonds. The first-order valence-electron chi connectivity index (χ1n) is 9.75. The number of fused-ring (bicyclic) bond motifs is 1. The molecule has 1 aliphatic heterocycles. The second-order valence-electron chi connectivity index (χ2n) is 7.05. The van der Waals surface area contributed by atoms with E-state index in [0.717, 1.165) is 52.9 Å². The molecule has 1 aromatic heterocycles. The van der Waals surface area contributed by atoms with Crippen molar-refractivity contribution in [3.63, 3.8) is 0 Å². The molecule has 1 atom stereocenters. The molecule has 5 nitrogen and oxygen atoms in total. The number of para-hydroxylation sites is 1. The lowest BCUT2D eigenvalue weighted by atomic mass is 10.0. The van der Waals surface area contributed by atoms with Gasteiger partial charge in [-0.25, -0.2) is 0 Å². The van der Waals surface area contributed by atoms with Crippen molar-refractivity contribution in [1.29, 1.82) is 0 Å². The lowest BCUT2D eigenvalue weighted by Crippen LogP contribution is -2.29. The van der Waals surface area contributed by atoms with Crippen molar-refractivity contribution in [3.05, 3.63) is 71.9 Å². The molecule has 148 valence electrons. The Balaban J connectivity index is 1.61. The lowest BCUT2D eigenvalue weighted by molar-refractivity contribution is -0.126. The molecule has 0 radical (unpaired) electrons. The third kappa shape index (κ3) is 3.81. The van der Waals surface area contributed by atoms with E-state index in [1.807, 2.05) is 59.5 Å². The van der Waals surface area contributed by atoms with Gasteiger partial charge in [-0.15, -0.1) is 0 Å². The summed E-state index contributed by atoms with van der Waals surface area (Å²) in [5.41, 5.74) is 2.82. The number of nitrogens with zero attached hydrogens (tertiary/aromatic N) is 2. The molecule has 2 aromatic carbocycles. The van der Waals surface area contributed by atoms with Gasteiger partial charge in [0.25, 0.3) is 0 Å². The summed E-state index contributed by atoms with van der Waals surface area (Å²) in [5, 5.41) is 1.06. The number of hydrogen-bond acceptors (Lipinski definition) is 4. The molecular weight excluding hydrogens is 364 g/mol. The van der Waals surface area contributed by atoms with Crippen LogP contribution in [0.25, 0.3) is 17.0 Å². The zero-order chi connectivity index (χ0) is 20.2. The number of carbonyl (C=O) groups is 1. The van der Waals surface area contributed by atoms with E-state index in [0.29, 0.717) is 0 Å². The molecule has 0 aliphatic carbocycles. The van der Waals surface area contributed by atoms with Gasteiger partial charge in [-0.3, -0.25) is 9.78 Å². The predicted molar refractivity (Wildman–Crippen MR) is 114 cm³/mol. The van der Waals surface area contributed by atoms with E-state index in [2.05, 4.69) is 4.98 Å². The smallest absolute Gasteiger partial charge is 0.247 e. The van der Waals surface area contributed by atoms with Crippen LogP contribution in [-0.4, -0.2) is 36.6 Å². The van der Waals surface area contributed by atoms with Crippen molar-refractivity contribution in [1.82, 2.24) is 9.88 Å². The maximum Gasteiger partial charge on any atom is 0.247 e. The minimum atomic E-state index is -0.0251. The van der Waals surface area contributed by atoms with Gasteiger partial charge in [0.05, 0.1) is 25.8 Å². The molecule has 1 fully saturated rings. The van der Waals surface area contributed by atoms with Gasteiger partial charge >= 0.3 is 0 Å². The average molecular weight is 388 g/mol. The highest BCUT2D eigenvalue weighted by Gasteiger charge is 2.31. The predicted octanol–water partition coefficient (Wildman–Crippen LogP) is 4.63. The molecule has 0 bridgehead atoms. The molecule has 5 heteroatoms. The van der Waals surface area contributed by atoms with E-state index >= 15 is 0 Å². The van der Waals surface area contributed by atoms with Crippen molar-refractivity contribution in [2.45, 2.75) is 18.9 Å². The van der Waals surface area contributed by atoms with Gasteiger partial charge < -0.3 is 14.4 Å². The maximum absolute atomic E-state index is 13.0. The standard InChI is InChI=1S/C24H24N2O3/c1-28-19-11-12-22(29-2)20(16-19)21-9-5-15-26(21)23(27)13-10-18-7-3-6-17-8-4-14-25-24(17)18/h3-4,6-8,10-14,16,21H,5,9,15H2,1-2H3/b13-10+. The molecule has 1 aliphatic rings. The number of amides is 1. The first kappa shape index (κ1) is 19.0. The van der Waals surface area contributed by atoms with Crippen LogP contribution in [0.4, 0.5) is 0 Å². The van der Waals surface area contributed by atoms with Crippen LogP contribution in [0.2, 0.25) is 0 Å². The van der Waals surface area contributed by atoms with E-state index in [4.69, 9.17) is 9.47 Å². The lowest BCUT2D eigenvalue weighted by Gasteiger charge is -2.25. The van der Waals surface area contributed by atoms with Crippen LogP contribution >= 0.6 is 0 Å². The Kier molecular flexibility index (Phi) is 5.47. The number of methoxy groups -OCH3 is 2. The average Bonchev–Trinajstić information content (AvgIpc) is 3.26. The Morgan fingerprint density at radius 3 is 2.83 bits per heavy atom. The highest BCUT2D eigenvalue weighted by Crippen LogP contribution is 2.39. The van der Waals surface area contributed by atoms with E-state index in [-0.39, 0.29) is 11.9 Å². The number of rotatable bonds is 5. The molecule has 0 spiro atoms. The number of ether oxygens (including phenoxy) is 2. The Bertz CT molecular complexity index is 1060. The Morgan fingerprint density at radius 2 is 2.00 bits per heavy atom. The molecular formula is C24H24N2O3. The largest absolute Gasteiger partial charge is 0.497 e. The molecule has 2 heterocycles. The van der Waals surface area contributed by atoms with Gasteiger partial charge in [0.2, 0.25) is 5.91 Å². The van der Waals surface area contributed by atoms with E-state index in [1.165, 1.54) is 0 Å². The fraction of sp³-hybridized carbons (Fsp3) is 0.250. The number of aromatic nitrogens is 1. The van der Waals surface area contributed by atoms with Crippen molar-refractivity contribution < 1.29 is 14.3 Å². The molecule has 0 N–H and O–H groups in total. The van der Waals surface area contributed by atoms with Gasteiger partial charge in [-0.1, -0.05) is 24.3 Å². The Labute approximate surface area is 170 Å². The quantitative estimate of drug-likeness (QED) is 0.598. The fourth-order valence-electron chi connectivity index (χ4n) is 3.97. The van der Waals surface area contributed by atoms with E-state index in [1.54, 1.807) is 26.5 Å². The van der Waals surface area contributed by atoms with Gasteiger partial charge in [-0.05, 0) is 43.2 Å². The summed E-state index contributed by atoms with van der Waals surface area (Å²) in [6.07, 6.45) is 7.14. The Morgan fingerprint density at radius 1 is 1.14 bits per heavy atom. The first-order chi connectivity index (χ1) is 14.2. The summed E-state index contributed by atoms with van der Waals surface area (Å²) >= 11 is 0. The topological polar surface area (TPSA) is 51.7 Å². The van der Waals surface area contributed by atoms with Crippen LogP contribution < -0.4 is 9.47 Å². The molecule has 0 saturated carbocycles.